The van der Waals surface area contributed by atoms with Crippen LogP contribution in [-0.4, -0.2) is 38.2 Å². The van der Waals surface area contributed by atoms with Crippen molar-refractivity contribution in [3.8, 4) is 17.4 Å². The highest BCUT2D eigenvalue weighted by molar-refractivity contribution is 8.26. The summed E-state index contributed by atoms with van der Waals surface area (Å²) in [6.45, 7) is 0. The Hall–Kier alpha value is -2.98. The van der Waals surface area contributed by atoms with Crippen molar-refractivity contribution in [2.75, 3.05) is 7.11 Å². The number of nitro groups is 1. The van der Waals surface area contributed by atoms with Crippen molar-refractivity contribution >= 4 is 46.0 Å². The third kappa shape index (κ3) is 4.61. The van der Waals surface area contributed by atoms with E-state index in [1.165, 1.54) is 43.6 Å². The summed E-state index contributed by atoms with van der Waals surface area (Å²) in [6.07, 6.45) is 8.60. The number of rotatable bonds is 6. The first-order valence-corrected chi connectivity index (χ1v) is 11.4. The van der Waals surface area contributed by atoms with E-state index in [-0.39, 0.29) is 29.3 Å². The van der Waals surface area contributed by atoms with Crippen LogP contribution in [0.4, 0.5) is 5.69 Å². The van der Waals surface area contributed by atoms with Gasteiger partial charge in [-0.05, 0) is 42.7 Å². The molecule has 2 heterocycles. The SMILES string of the molecule is COc1cc(/C=C2/SC(=S)N(C3CCCCC3)C2=O)ccc1Oc1ncccc1[N+](=O)[O-]. The van der Waals surface area contributed by atoms with E-state index in [9.17, 15) is 14.9 Å². The third-order valence-corrected chi connectivity index (χ3v) is 6.73. The van der Waals surface area contributed by atoms with Gasteiger partial charge in [-0.25, -0.2) is 4.98 Å². The predicted molar refractivity (Wildman–Crippen MR) is 126 cm³/mol. The number of benzene rings is 1. The molecule has 2 fully saturated rings. The maximum absolute atomic E-state index is 13.0. The lowest BCUT2D eigenvalue weighted by molar-refractivity contribution is -0.386. The Labute approximate surface area is 194 Å². The van der Waals surface area contributed by atoms with Crippen molar-refractivity contribution in [2.45, 2.75) is 38.1 Å². The van der Waals surface area contributed by atoms with E-state index in [0.29, 0.717) is 15.0 Å². The summed E-state index contributed by atoms with van der Waals surface area (Å²) >= 11 is 6.80. The molecule has 1 aliphatic heterocycles. The van der Waals surface area contributed by atoms with E-state index in [4.69, 9.17) is 21.7 Å². The molecule has 0 radical (unpaired) electrons. The Balaban J connectivity index is 1.57. The molecule has 1 amide bonds. The highest BCUT2D eigenvalue weighted by Crippen LogP contribution is 2.39. The molecule has 0 spiro atoms. The molecule has 2 aromatic rings. The molecule has 1 aromatic heterocycles. The Bertz CT molecular complexity index is 1100. The number of pyridine rings is 1. The number of carbonyl (C=O) groups is 1. The second kappa shape index (κ2) is 9.66. The van der Waals surface area contributed by atoms with Gasteiger partial charge < -0.3 is 9.47 Å². The van der Waals surface area contributed by atoms with Crippen LogP contribution in [0.3, 0.4) is 0 Å². The summed E-state index contributed by atoms with van der Waals surface area (Å²) in [4.78, 5) is 29.9. The van der Waals surface area contributed by atoms with Gasteiger partial charge in [0.1, 0.15) is 4.32 Å². The quantitative estimate of drug-likeness (QED) is 0.242. The van der Waals surface area contributed by atoms with E-state index in [2.05, 4.69) is 4.98 Å². The van der Waals surface area contributed by atoms with Crippen LogP contribution in [0.2, 0.25) is 0 Å². The van der Waals surface area contributed by atoms with E-state index in [1.54, 1.807) is 29.2 Å². The van der Waals surface area contributed by atoms with Crippen LogP contribution in [0.15, 0.2) is 41.4 Å². The fourth-order valence-corrected chi connectivity index (χ4v) is 5.25. The Morgan fingerprint density at radius 2 is 2.03 bits per heavy atom. The highest BCUT2D eigenvalue weighted by Gasteiger charge is 2.37. The second-order valence-corrected chi connectivity index (χ2v) is 9.12. The van der Waals surface area contributed by atoms with Gasteiger partial charge in [-0.15, -0.1) is 0 Å². The number of amides is 1. The van der Waals surface area contributed by atoms with Crippen molar-refractivity contribution in [1.29, 1.82) is 0 Å². The number of ether oxygens (including phenoxy) is 2. The summed E-state index contributed by atoms with van der Waals surface area (Å²) in [5, 5.41) is 11.2. The topological polar surface area (TPSA) is 94.8 Å². The summed E-state index contributed by atoms with van der Waals surface area (Å²) in [5.41, 5.74) is 0.485. The van der Waals surface area contributed by atoms with E-state index in [1.807, 2.05) is 0 Å². The molecule has 4 rings (SSSR count). The van der Waals surface area contributed by atoms with Crippen LogP contribution in [-0.2, 0) is 4.79 Å². The fourth-order valence-electron chi connectivity index (χ4n) is 3.85. The average Bonchev–Trinajstić information content (AvgIpc) is 3.08. The molecule has 1 aromatic carbocycles. The number of hydrogen-bond donors (Lipinski definition) is 0. The number of carbonyl (C=O) groups excluding carboxylic acids is 1. The molecule has 0 atom stereocenters. The summed E-state index contributed by atoms with van der Waals surface area (Å²) < 4.78 is 11.7. The van der Waals surface area contributed by atoms with Crippen molar-refractivity contribution in [3.63, 3.8) is 0 Å². The van der Waals surface area contributed by atoms with Crippen LogP contribution in [0.1, 0.15) is 37.7 Å². The summed E-state index contributed by atoms with van der Waals surface area (Å²) in [7, 11) is 1.47. The van der Waals surface area contributed by atoms with Gasteiger partial charge in [-0.1, -0.05) is 49.3 Å². The Kier molecular flexibility index (Phi) is 6.71. The van der Waals surface area contributed by atoms with E-state index >= 15 is 0 Å². The van der Waals surface area contributed by atoms with Crippen molar-refractivity contribution in [1.82, 2.24) is 9.88 Å². The van der Waals surface area contributed by atoms with Crippen LogP contribution >= 0.6 is 24.0 Å². The van der Waals surface area contributed by atoms with Gasteiger partial charge in [0.2, 0.25) is 0 Å². The smallest absolute Gasteiger partial charge is 0.331 e. The first kappa shape index (κ1) is 22.2. The highest BCUT2D eigenvalue weighted by atomic mass is 32.2. The number of methoxy groups -OCH3 is 1. The molecule has 10 heteroatoms. The van der Waals surface area contributed by atoms with Gasteiger partial charge in [0.25, 0.3) is 11.8 Å². The molecular weight excluding hydrogens is 450 g/mol. The van der Waals surface area contributed by atoms with Crippen molar-refractivity contribution in [3.05, 3.63) is 57.1 Å². The van der Waals surface area contributed by atoms with E-state index in [0.717, 1.165) is 31.2 Å². The molecular formula is C22H21N3O5S2. The molecule has 32 heavy (non-hydrogen) atoms. The molecule has 1 saturated heterocycles. The lowest BCUT2D eigenvalue weighted by atomic mass is 9.94. The van der Waals surface area contributed by atoms with E-state index < -0.39 is 4.92 Å². The number of thioether (sulfide) groups is 1. The van der Waals surface area contributed by atoms with Gasteiger partial charge in [0.15, 0.2) is 11.5 Å². The predicted octanol–water partition coefficient (Wildman–Crippen LogP) is 5.32. The number of thiocarbonyl (C=S) groups is 1. The van der Waals surface area contributed by atoms with Gasteiger partial charge in [0, 0.05) is 18.3 Å². The minimum Gasteiger partial charge on any atom is -0.493 e. The molecule has 1 aliphatic carbocycles. The van der Waals surface area contributed by atoms with Gasteiger partial charge in [0.05, 0.1) is 16.9 Å². The average molecular weight is 472 g/mol. The normalized spacial score (nSPS) is 18.3. The standard InChI is InChI=1S/C22H21N3O5S2/c1-29-18-12-14(9-10-17(18)30-20-16(25(27)28)8-5-11-23-20)13-19-21(26)24(22(31)32-19)15-6-3-2-4-7-15/h5,8-13,15H,2-4,6-7H2,1H3/b19-13+. The number of nitrogens with zero attached hydrogens (tertiary/aromatic N) is 3. The van der Waals surface area contributed by atoms with Crippen molar-refractivity contribution < 1.29 is 19.2 Å². The van der Waals surface area contributed by atoms with Crippen LogP contribution in [0.25, 0.3) is 6.08 Å². The van der Waals surface area contributed by atoms with Crippen molar-refractivity contribution in [2.24, 2.45) is 0 Å². The molecule has 8 nitrogen and oxygen atoms in total. The third-order valence-electron chi connectivity index (χ3n) is 5.40. The zero-order valence-corrected chi connectivity index (χ0v) is 19.0. The maximum atomic E-state index is 13.0. The molecule has 1 saturated carbocycles. The lowest BCUT2D eigenvalue weighted by Gasteiger charge is -2.29. The molecule has 0 N–H and O–H groups in total. The largest absolute Gasteiger partial charge is 0.493 e. The second-order valence-electron chi connectivity index (χ2n) is 7.44. The Morgan fingerprint density at radius 3 is 2.75 bits per heavy atom. The first-order chi connectivity index (χ1) is 15.5. The summed E-state index contributed by atoms with van der Waals surface area (Å²) in [6, 6.07) is 8.05. The number of aromatic nitrogens is 1. The van der Waals surface area contributed by atoms with Gasteiger partial charge in [-0.2, -0.15) is 0 Å². The molecule has 0 unspecified atom stereocenters. The van der Waals surface area contributed by atoms with Gasteiger partial charge in [-0.3, -0.25) is 19.8 Å². The maximum Gasteiger partial charge on any atom is 0.331 e. The fraction of sp³-hybridized carbons (Fsp3) is 0.318. The van der Waals surface area contributed by atoms with Crippen LogP contribution in [0, 0.1) is 10.1 Å². The van der Waals surface area contributed by atoms with Crippen LogP contribution in [0.5, 0.6) is 17.4 Å². The zero-order chi connectivity index (χ0) is 22.7. The Morgan fingerprint density at radius 1 is 1.25 bits per heavy atom. The molecule has 166 valence electrons. The zero-order valence-electron chi connectivity index (χ0n) is 17.4. The minimum atomic E-state index is -0.558. The van der Waals surface area contributed by atoms with Gasteiger partial charge >= 0.3 is 5.69 Å². The lowest BCUT2D eigenvalue weighted by Crippen LogP contribution is -2.39. The summed E-state index contributed by atoms with van der Waals surface area (Å²) in [5.74, 6) is 0.454. The monoisotopic (exact) mass is 471 g/mol. The molecule has 0 bridgehead atoms. The molecule has 2 aliphatic rings. The van der Waals surface area contributed by atoms with Crippen LogP contribution < -0.4 is 9.47 Å². The first-order valence-electron chi connectivity index (χ1n) is 10.2. The number of hydrogen-bond acceptors (Lipinski definition) is 8. The minimum absolute atomic E-state index is 0.0599.